The molecule has 0 saturated carbocycles. The van der Waals surface area contributed by atoms with Crippen LogP contribution in [0.5, 0.6) is 0 Å². The summed E-state index contributed by atoms with van der Waals surface area (Å²) < 4.78 is 0. The Morgan fingerprint density at radius 3 is 0.861 bits per heavy atom. The van der Waals surface area contributed by atoms with Gasteiger partial charge in [-0.15, -0.1) is 0 Å². The van der Waals surface area contributed by atoms with Gasteiger partial charge in [-0.05, 0) is 114 Å². The predicted molar refractivity (Wildman–Crippen MR) is 153 cm³/mol. The summed E-state index contributed by atoms with van der Waals surface area (Å²) in [5.74, 6) is 0. The molecule has 6 nitrogen and oxygen atoms in total. The van der Waals surface area contributed by atoms with Crippen LogP contribution in [0, 0.1) is 0 Å². The molecule has 36 heavy (non-hydrogen) atoms. The SMILES string of the molecule is CN1CCCNCc2ccc(cc2)CNCCCN(C)CCCNCc2ccc(cc2)CNCCC1. The molecular formula is C30H50N6. The van der Waals surface area contributed by atoms with Crippen LogP contribution in [-0.4, -0.2) is 76.3 Å². The second-order valence-corrected chi connectivity index (χ2v) is 10.4. The molecule has 6 rings (SSSR count). The Labute approximate surface area is 220 Å². The van der Waals surface area contributed by atoms with Crippen molar-refractivity contribution in [1.82, 2.24) is 31.1 Å². The maximum absolute atomic E-state index is 3.60. The van der Waals surface area contributed by atoms with Gasteiger partial charge in [0, 0.05) is 26.2 Å². The van der Waals surface area contributed by atoms with Gasteiger partial charge in [0.05, 0.1) is 0 Å². The first-order valence-electron chi connectivity index (χ1n) is 14.0. The van der Waals surface area contributed by atoms with E-state index in [9.17, 15) is 0 Å². The van der Waals surface area contributed by atoms with Crippen LogP contribution in [0.15, 0.2) is 48.5 Å². The lowest BCUT2D eigenvalue weighted by Crippen LogP contribution is -2.27. The molecule has 4 aliphatic heterocycles. The molecule has 2 aromatic carbocycles. The highest BCUT2D eigenvalue weighted by molar-refractivity contribution is 5.23. The third kappa shape index (κ3) is 12.4. The third-order valence-corrected chi connectivity index (χ3v) is 6.94. The second kappa shape index (κ2) is 17.6. The van der Waals surface area contributed by atoms with E-state index in [0.717, 1.165) is 78.5 Å². The van der Waals surface area contributed by atoms with E-state index in [1.807, 2.05) is 0 Å². The quantitative estimate of drug-likeness (QED) is 0.451. The summed E-state index contributed by atoms with van der Waals surface area (Å²) in [4.78, 5) is 4.90. The number of hydrogen-bond donors (Lipinski definition) is 4. The average molecular weight is 495 g/mol. The predicted octanol–water partition coefficient (Wildman–Crippen LogP) is 3.18. The van der Waals surface area contributed by atoms with Crippen LogP contribution in [0.2, 0.25) is 0 Å². The van der Waals surface area contributed by atoms with E-state index in [0.29, 0.717) is 0 Å². The summed E-state index contributed by atoms with van der Waals surface area (Å²) in [5.41, 5.74) is 5.46. The first kappa shape index (κ1) is 28.8. The third-order valence-electron chi connectivity index (χ3n) is 6.94. The molecule has 0 aromatic heterocycles. The maximum atomic E-state index is 3.60. The Kier molecular flexibility index (Phi) is 14.1. The Morgan fingerprint density at radius 1 is 0.417 bits per heavy atom. The van der Waals surface area contributed by atoms with Gasteiger partial charge in [-0.1, -0.05) is 48.5 Å². The van der Waals surface area contributed by atoms with Gasteiger partial charge in [-0.2, -0.15) is 0 Å². The summed E-state index contributed by atoms with van der Waals surface area (Å²) in [6, 6.07) is 18.1. The van der Waals surface area contributed by atoms with Crippen molar-refractivity contribution in [3.63, 3.8) is 0 Å². The number of nitrogens with zero attached hydrogens (tertiary/aromatic N) is 2. The zero-order valence-electron chi connectivity index (χ0n) is 22.8. The summed E-state index contributed by atoms with van der Waals surface area (Å²) in [6.07, 6.45) is 4.73. The topological polar surface area (TPSA) is 54.6 Å². The largest absolute Gasteiger partial charge is 0.313 e. The fourth-order valence-electron chi connectivity index (χ4n) is 4.60. The van der Waals surface area contributed by atoms with Crippen LogP contribution in [0.1, 0.15) is 47.9 Å². The molecule has 0 spiro atoms. The smallest absolute Gasteiger partial charge is 0.0205 e. The molecule has 0 atom stereocenters. The molecule has 4 N–H and O–H groups in total. The molecular weight excluding hydrogens is 444 g/mol. The van der Waals surface area contributed by atoms with Crippen molar-refractivity contribution >= 4 is 0 Å². The molecule has 6 heteroatoms. The lowest BCUT2D eigenvalue weighted by Gasteiger charge is -2.17. The molecule has 0 amide bonds. The van der Waals surface area contributed by atoms with E-state index in [2.05, 4.69) is 93.7 Å². The van der Waals surface area contributed by atoms with Gasteiger partial charge in [-0.25, -0.2) is 0 Å². The minimum Gasteiger partial charge on any atom is -0.313 e. The normalized spacial score (nSPS) is 20.3. The minimum absolute atomic E-state index is 0.949. The maximum Gasteiger partial charge on any atom is 0.0205 e. The molecule has 0 unspecified atom stereocenters. The summed E-state index contributed by atoms with van der Waals surface area (Å²) >= 11 is 0. The number of rotatable bonds is 0. The fraction of sp³-hybridized carbons (Fsp3) is 0.600. The van der Waals surface area contributed by atoms with Crippen molar-refractivity contribution in [2.24, 2.45) is 0 Å². The van der Waals surface area contributed by atoms with Gasteiger partial charge in [0.25, 0.3) is 0 Å². The number of hydrogen-bond acceptors (Lipinski definition) is 6. The zero-order valence-corrected chi connectivity index (χ0v) is 22.8. The fourth-order valence-corrected chi connectivity index (χ4v) is 4.60. The van der Waals surface area contributed by atoms with Crippen molar-refractivity contribution in [2.75, 3.05) is 66.5 Å². The van der Waals surface area contributed by atoms with Gasteiger partial charge < -0.3 is 31.1 Å². The van der Waals surface area contributed by atoms with Crippen molar-refractivity contribution in [3.8, 4) is 0 Å². The Bertz CT molecular complexity index is 672. The minimum atomic E-state index is 0.949. The van der Waals surface area contributed by atoms with Crippen LogP contribution >= 0.6 is 0 Å². The molecule has 4 bridgehead atoms. The highest BCUT2D eigenvalue weighted by atomic mass is 15.1. The highest BCUT2D eigenvalue weighted by Crippen LogP contribution is 2.06. The Hall–Kier alpha value is -1.80. The Morgan fingerprint density at radius 2 is 0.639 bits per heavy atom. The van der Waals surface area contributed by atoms with Crippen molar-refractivity contribution in [2.45, 2.75) is 51.9 Å². The molecule has 0 radical (unpaired) electrons. The van der Waals surface area contributed by atoms with Crippen LogP contribution < -0.4 is 21.3 Å². The monoisotopic (exact) mass is 494 g/mol. The average Bonchev–Trinajstić information content (AvgIpc) is 2.89. The Balaban J connectivity index is 1.41. The molecule has 4 aliphatic rings. The summed E-state index contributed by atoms with van der Waals surface area (Å²) in [5, 5.41) is 14.4. The zero-order chi connectivity index (χ0) is 25.3. The summed E-state index contributed by atoms with van der Waals surface area (Å²) in [6.45, 7) is 12.6. The van der Waals surface area contributed by atoms with Crippen LogP contribution in [0.3, 0.4) is 0 Å². The lowest BCUT2D eigenvalue weighted by molar-refractivity contribution is 0.320. The first-order valence-corrected chi connectivity index (χ1v) is 14.0. The number of nitrogens with one attached hydrogen (secondary N) is 4. The van der Waals surface area contributed by atoms with E-state index in [4.69, 9.17) is 0 Å². The standard InChI is InChI=1S/C30H50N6/c1-35-19-3-15-31-23-27-7-11-29(12-8-27)25-33-17-5-21-36(2)22-6-18-34-26-30-13-9-28(10-14-30)24-32-16-4-20-35/h7-14,31-34H,3-6,15-26H2,1-2H3. The molecule has 200 valence electrons. The lowest BCUT2D eigenvalue weighted by atomic mass is 10.1. The van der Waals surface area contributed by atoms with Gasteiger partial charge in [0.2, 0.25) is 0 Å². The van der Waals surface area contributed by atoms with Gasteiger partial charge in [-0.3, -0.25) is 0 Å². The molecule has 2 aromatic rings. The number of benzene rings is 2. The van der Waals surface area contributed by atoms with E-state index in [1.54, 1.807) is 0 Å². The van der Waals surface area contributed by atoms with Gasteiger partial charge in [0.1, 0.15) is 0 Å². The molecule has 0 saturated heterocycles. The highest BCUT2D eigenvalue weighted by Gasteiger charge is 2.02. The van der Waals surface area contributed by atoms with E-state index >= 15 is 0 Å². The van der Waals surface area contributed by atoms with E-state index < -0.39 is 0 Å². The molecule has 0 aliphatic carbocycles. The molecule has 4 heterocycles. The van der Waals surface area contributed by atoms with Crippen molar-refractivity contribution < 1.29 is 0 Å². The van der Waals surface area contributed by atoms with Gasteiger partial charge in [0.15, 0.2) is 0 Å². The first-order chi connectivity index (χ1) is 17.7. The van der Waals surface area contributed by atoms with Crippen molar-refractivity contribution in [1.29, 1.82) is 0 Å². The van der Waals surface area contributed by atoms with Crippen molar-refractivity contribution in [3.05, 3.63) is 70.8 Å². The van der Waals surface area contributed by atoms with Crippen LogP contribution in [0.25, 0.3) is 0 Å². The van der Waals surface area contributed by atoms with E-state index in [1.165, 1.54) is 47.9 Å². The van der Waals surface area contributed by atoms with Crippen LogP contribution in [0.4, 0.5) is 0 Å². The van der Waals surface area contributed by atoms with Gasteiger partial charge >= 0.3 is 0 Å². The van der Waals surface area contributed by atoms with Crippen LogP contribution in [-0.2, 0) is 26.2 Å². The summed E-state index contributed by atoms with van der Waals surface area (Å²) in [7, 11) is 4.47. The second-order valence-electron chi connectivity index (χ2n) is 10.4. The molecule has 0 fully saturated rings. The van der Waals surface area contributed by atoms with E-state index in [-0.39, 0.29) is 0 Å².